The maximum atomic E-state index is 13.0. The second-order valence-corrected chi connectivity index (χ2v) is 7.04. The van der Waals surface area contributed by atoms with Gasteiger partial charge in [0.05, 0.1) is 5.92 Å². The Morgan fingerprint density at radius 3 is 2.60 bits per heavy atom. The molecule has 1 aliphatic heterocycles. The minimum absolute atomic E-state index is 0.0477. The first kappa shape index (κ1) is 16.0. The topological polar surface area (TPSA) is 58.1 Å². The fourth-order valence-electron chi connectivity index (χ4n) is 3.99. The van der Waals surface area contributed by atoms with Gasteiger partial charge in [-0.15, -0.1) is 0 Å². The van der Waals surface area contributed by atoms with Crippen molar-refractivity contribution in [3.05, 3.63) is 54.1 Å². The number of hydrogen-bond acceptors (Lipinski definition) is 4. The average Bonchev–Trinajstić information content (AvgIpc) is 3.03. The molecule has 25 heavy (non-hydrogen) atoms. The van der Waals surface area contributed by atoms with E-state index in [1.54, 1.807) is 30.6 Å². The van der Waals surface area contributed by atoms with Gasteiger partial charge in [-0.1, -0.05) is 18.6 Å². The lowest BCUT2D eigenvalue weighted by molar-refractivity contribution is -0.129. The summed E-state index contributed by atoms with van der Waals surface area (Å²) in [6, 6.07) is 8.03. The zero-order valence-corrected chi connectivity index (χ0v) is 14.0. The lowest BCUT2D eigenvalue weighted by Gasteiger charge is -2.41. The van der Waals surface area contributed by atoms with Gasteiger partial charge >= 0.3 is 0 Å². The number of nitrogens with one attached hydrogen (secondary N) is 1. The molecule has 6 heteroatoms. The second-order valence-electron chi connectivity index (χ2n) is 7.04. The minimum atomic E-state index is -0.266. The molecule has 1 amide bonds. The third kappa shape index (κ3) is 3.08. The third-order valence-corrected chi connectivity index (χ3v) is 5.53. The van der Waals surface area contributed by atoms with E-state index in [-0.39, 0.29) is 23.1 Å². The summed E-state index contributed by atoms with van der Waals surface area (Å²) in [4.78, 5) is 23.6. The van der Waals surface area contributed by atoms with Gasteiger partial charge in [-0.3, -0.25) is 4.79 Å². The smallest absolute Gasteiger partial charge is 0.225 e. The number of anilines is 1. The number of aromatic nitrogens is 2. The highest BCUT2D eigenvalue weighted by atomic mass is 19.1. The molecule has 1 aliphatic carbocycles. The number of amides is 1. The lowest BCUT2D eigenvalue weighted by atomic mass is 9.62. The Balaban J connectivity index is 1.44. The fourth-order valence-corrected chi connectivity index (χ4v) is 3.99. The molecule has 130 valence electrons. The van der Waals surface area contributed by atoms with Crippen LogP contribution in [0.5, 0.6) is 0 Å². The lowest BCUT2D eigenvalue weighted by Crippen LogP contribution is -2.45. The maximum absolute atomic E-state index is 13.0. The van der Waals surface area contributed by atoms with Crippen LogP contribution in [0, 0.1) is 17.2 Å². The monoisotopic (exact) mass is 340 g/mol. The highest BCUT2D eigenvalue weighted by molar-refractivity contribution is 5.81. The van der Waals surface area contributed by atoms with E-state index in [1.807, 2.05) is 0 Å². The van der Waals surface area contributed by atoms with Gasteiger partial charge in [0, 0.05) is 37.4 Å². The van der Waals surface area contributed by atoms with E-state index in [2.05, 4.69) is 20.2 Å². The summed E-state index contributed by atoms with van der Waals surface area (Å²) in [7, 11) is 0. The van der Waals surface area contributed by atoms with Crippen LogP contribution in [0.25, 0.3) is 0 Å². The van der Waals surface area contributed by atoms with Crippen molar-refractivity contribution in [2.24, 2.45) is 11.3 Å². The predicted octanol–water partition coefficient (Wildman–Crippen LogP) is 2.54. The molecule has 4 rings (SSSR count). The molecule has 0 bridgehead atoms. The van der Waals surface area contributed by atoms with Gasteiger partial charge in [-0.05, 0) is 36.6 Å². The molecule has 0 radical (unpaired) electrons. The van der Waals surface area contributed by atoms with Crippen LogP contribution < -0.4 is 10.2 Å². The molecule has 5 nitrogen and oxygen atoms in total. The van der Waals surface area contributed by atoms with Gasteiger partial charge in [-0.2, -0.15) is 0 Å². The molecule has 1 aromatic carbocycles. The van der Waals surface area contributed by atoms with E-state index in [0.29, 0.717) is 19.0 Å². The Bertz CT molecular complexity index is 746. The van der Waals surface area contributed by atoms with Crippen LogP contribution in [0.2, 0.25) is 0 Å². The number of benzene rings is 1. The van der Waals surface area contributed by atoms with Gasteiger partial charge in [0.25, 0.3) is 0 Å². The van der Waals surface area contributed by atoms with Crippen LogP contribution in [0.4, 0.5) is 10.3 Å². The van der Waals surface area contributed by atoms with Crippen molar-refractivity contribution < 1.29 is 9.18 Å². The normalized spacial score (nSPS) is 21.2. The molecule has 1 atom stereocenters. The van der Waals surface area contributed by atoms with E-state index in [0.717, 1.165) is 24.9 Å². The standard InChI is InChI=1S/C19H21FN4O/c20-15-5-3-14(4-6-15)11-23-17(25)16-12-24(13-19(16)7-1-8-19)18-21-9-2-10-22-18/h2-6,9-10,16H,1,7-8,11-13H2,(H,23,25). The third-order valence-electron chi connectivity index (χ3n) is 5.53. The van der Waals surface area contributed by atoms with Gasteiger partial charge in [0.2, 0.25) is 11.9 Å². The Hall–Kier alpha value is -2.50. The summed E-state index contributed by atoms with van der Waals surface area (Å²) >= 11 is 0. The van der Waals surface area contributed by atoms with E-state index >= 15 is 0 Å². The molecule has 1 saturated heterocycles. The van der Waals surface area contributed by atoms with Crippen LogP contribution in [0.15, 0.2) is 42.7 Å². The van der Waals surface area contributed by atoms with Crippen molar-refractivity contribution in [3.8, 4) is 0 Å². The number of halogens is 1. The zero-order valence-electron chi connectivity index (χ0n) is 14.0. The molecule has 1 N–H and O–H groups in total. The Morgan fingerprint density at radius 2 is 1.96 bits per heavy atom. The summed E-state index contributed by atoms with van der Waals surface area (Å²) in [5, 5.41) is 3.03. The molecular weight excluding hydrogens is 319 g/mol. The first-order chi connectivity index (χ1) is 12.2. The van der Waals surface area contributed by atoms with Crippen LogP contribution in [0.3, 0.4) is 0 Å². The van der Waals surface area contributed by atoms with Crippen molar-refractivity contribution in [2.45, 2.75) is 25.8 Å². The molecule has 1 aromatic heterocycles. The summed E-state index contributed by atoms with van der Waals surface area (Å²) in [5.41, 5.74) is 0.949. The Kier molecular flexibility index (Phi) is 4.11. The highest BCUT2D eigenvalue weighted by Crippen LogP contribution is 2.52. The van der Waals surface area contributed by atoms with Gasteiger partial charge in [0.1, 0.15) is 5.82 Å². The fraction of sp³-hybridized carbons (Fsp3) is 0.421. The predicted molar refractivity (Wildman–Crippen MR) is 92.3 cm³/mol. The van der Waals surface area contributed by atoms with Crippen molar-refractivity contribution in [3.63, 3.8) is 0 Å². The summed E-state index contributed by atoms with van der Waals surface area (Å²) < 4.78 is 13.0. The number of carbonyl (C=O) groups excluding carboxylic acids is 1. The number of rotatable bonds is 4. The molecule has 2 fully saturated rings. The quantitative estimate of drug-likeness (QED) is 0.929. The average molecular weight is 340 g/mol. The number of nitrogens with zero attached hydrogens (tertiary/aromatic N) is 3. The van der Waals surface area contributed by atoms with Crippen molar-refractivity contribution >= 4 is 11.9 Å². The first-order valence-corrected chi connectivity index (χ1v) is 8.70. The Labute approximate surface area is 146 Å². The summed E-state index contributed by atoms with van der Waals surface area (Å²) in [6.07, 6.45) is 6.79. The second kappa shape index (κ2) is 6.43. The van der Waals surface area contributed by atoms with E-state index in [9.17, 15) is 9.18 Å². The van der Waals surface area contributed by atoms with Gasteiger partial charge < -0.3 is 10.2 Å². The number of carbonyl (C=O) groups is 1. The molecular formula is C19H21FN4O. The zero-order chi connectivity index (χ0) is 17.3. The van der Waals surface area contributed by atoms with Crippen LogP contribution >= 0.6 is 0 Å². The molecule has 1 unspecified atom stereocenters. The maximum Gasteiger partial charge on any atom is 0.225 e. The van der Waals surface area contributed by atoms with Crippen LogP contribution in [-0.4, -0.2) is 29.0 Å². The highest BCUT2D eigenvalue weighted by Gasteiger charge is 2.53. The van der Waals surface area contributed by atoms with E-state index < -0.39 is 0 Å². The van der Waals surface area contributed by atoms with Gasteiger partial charge in [-0.25, -0.2) is 14.4 Å². The van der Waals surface area contributed by atoms with Crippen molar-refractivity contribution in [1.82, 2.24) is 15.3 Å². The van der Waals surface area contributed by atoms with Crippen molar-refractivity contribution in [2.75, 3.05) is 18.0 Å². The molecule has 2 aliphatic rings. The Morgan fingerprint density at radius 1 is 1.24 bits per heavy atom. The minimum Gasteiger partial charge on any atom is -0.352 e. The van der Waals surface area contributed by atoms with Crippen molar-refractivity contribution in [1.29, 1.82) is 0 Å². The van der Waals surface area contributed by atoms with E-state index in [4.69, 9.17) is 0 Å². The summed E-state index contributed by atoms with van der Waals surface area (Å²) in [6.45, 7) is 1.92. The first-order valence-electron chi connectivity index (χ1n) is 8.70. The van der Waals surface area contributed by atoms with E-state index in [1.165, 1.54) is 18.6 Å². The molecule has 2 aromatic rings. The van der Waals surface area contributed by atoms with Crippen LogP contribution in [-0.2, 0) is 11.3 Å². The number of hydrogen-bond donors (Lipinski definition) is 1. The molecule has 1 spiro atoms. The summed E-state index contributed by atoms with van der Waals surface area (Å²) in [5.74, 6) is 0.452. The SMILES string of the molecule is O=C(NCc1ccc(F)cc1)C1CN(c2ncccn2)CC12CCC2. The van der Waals surface area contributed by atoms with Gasteiger partial charge in [0.15, 0.2) is 0 Å². The molecule has 2 heterocycles. The van der Waals surface area contributed by atoms with Crippen LogP contribution in [0.1, 0.15) is 24.8 Å². The molecule has 1 saturated carbocycles. The largest absolute Gasteiger partial charge is 0.352 e.